The quantitative estimate of drug-likeness (QED) is 0.840. The van der Waals surface area contributed by atoms with Gasteiger partial charge in [-0.3, -0.25) is 4.79 Å². The molecule has 0 spiro atoms. The van der Waals surface area contributed by atoms with E-state index < -0.39 is 11.5 Å². The van der Waals surface area contributed by atoms with Crippen LogP contribution in [0.25, 0.3) is 0 Å². The van der Waals surface area contributed by atoms with Crippen molar-refractivity contribution in [3.05, 3.63) is 35.9 Å². The van der Waals surface area contributed by atoms with Crippen molar-refractivity contribution >= 4 is 11.9 Å². The Hall–Kier alpha value is -1.84. The number of carboxylic acid groups (broad SMARTS) is 1. The lowest BCUT2D eigenvalue weighted by Crippen LogP contribution is -2.52. The molecule has 0 saturated heterocycles. The fourth-order valence-electron chi connectivity index (χ4n) is 1.57. The van der Waals surface area contributed by atoms with Gasteiger partial charge in [0.05, 0.1) is 5.92 Å². The Labute approximate surface area is 107 Å². The maximum absolute atomic E-state index is 12.0. The molecule has 0 aromatic heterocycles. The van der Waals surface area contributed by atoms with Crippen molar-refractivity contribution in [2.75, 3.05) is 0 Å². The van der Waals surface area contributed by atoms with Gasteiger partial charge >= 0.3 is 5.97 Å². The molecule has 4 heteroatoms. The second-order valence-electron chi connectivity index (χ2n) is 4.61. The average molecular weight is 249 g/mol. The van der Waals surface area contributed by atoms with Gasteiger partial charge < -0.3 is 10.4 Å². The van der Waals surface area contributed by atoms with E-state index in [1.807, 2.05) is 30.3 Å². The molecule has 0 heterocycles. The van der Waals surface area contributed by atoms with E-state index in [2.05, 4.69) is 5.32 Å². The van der Waals surface area contributed by atoms with Crippen LogP contribution in [-0.2, 0) is 9.59 Å². The standard InChI is InChI=1S/C14H19NO3/c1-4-14(3,13(17)18)15-12(16)10(2)11-8-6-5-7-9-11/h5-10H,4H2,1-3H3,(H,15,16)(H,17,18)/t10-,14?/m0/s1. The molecule has 0 radical (unpaired) electrons. The number of carbonyl (C=O) groups is 2. The van der Waals surface area contributed by atoms with E-state index in [4.69, 9.17) is 5.11 Å². The third-order valence-electron chi connectivity index (χ3n) is 3.27. The number of benzene rings is 1. The molecule has 18 heavy (non-hydrogen) atoms. The van der Waals surface area contributed by atoms with Crippen LogP contribution < -0.4 is 5.32 Å². The molecule has 1 rings (SSSR count). The highest BCUT2D eigenvalue weighted by atomic mass is 16.4. The lowest BCUT2D eigenvalue weighted by atomic mass is 9.95. The average Bonchev–Trinajstić information content (AvgIpc) is 2.38. The van der Waals surface area contributed by atoms with E-state index in [1.54, 1.807) is 13.8 Å². The van der Waals surface area contributed by atoms with E-state index in [1.165, 1.54) is 6.92 Å². The molecule has 0 fully saturated rings. The Kier molecular flexibility index (Phi) is 4.48. The van der Waals surface area contributed by atoms with Crippen molar-refractivity contribution in [1.29, 1.82) is 0 Å². The van der Waals surface area contributed by atoms with Gasteiger partial charge in [-0.1, -0.05) is 37.3 Å². The lowest BCUT2D eigenvalue weighted by molar-refractivity contribution is -0.147. The molecule has 0 aliphatic rings. The number of aliphatic carboxylic acids is 1. The van der Waals surface area contributed by atoms with Crippen molar-refractivity contribution in [3.8, 4) is 0 Å². The fraction of sp³-hybridized carbons (Fsp3) is 0.429. The maximum atomic E-state index is 12.0. The summed E-state index contributed by atoms with van der Waals surface area (Å²) in [5.74, 6) is -1.65. The summed E-state index contributed by atoms with van der Waals surface area (Å²) in [6, 6.07) is 9.30. The molecule has 4 nitrogen and oxygen atoms in total. The van der Waals surface area contributed by atoms with Crippen molar-refractivity contribution in [2.24, 2.45) is 0 Å². The Balaban J connectivity index is 2.80. The first-order valence-corrected chi connectivity index (χ1v) is 6.01. The second kappa shape index (κ2) is 5.67. The zero-order valence-corrected chi connectivity index (χ0v) is 10.9. The molecule has 1 unspecified atom stereocenters. The van der Waals surface area contributed by atoms with Crippen LogP contribution in [0.4, 0.5) is 0 Å². The van der Waals surface area contributed by atoms with Gasteiger partial charge in [0.2, 0.25) is 5.91 Å². The summed E-state index contributed by atoms with van der Waals surface area (Å²) in [6.45, 7) is 5.02. The topological polar surface area (TPSA) is 66.4 Å². The first-order chi connectivity index (χ1) is 8.40. The minimum atomic E-state index is -1.21. The highest BCUT2D eigenvalue weighted by Gasteiger charge is 2.34. The zero-order valence-electron chi connectivity index (χ0n) is 10.9. The highest BCUT2D eigenvalue weighted by Crippen LogP contribution is 2.17. The number of hydrogen-bond donors (Lipinski definition) is 2. The van der Waals surface area contributed by atoms with Gasteiger partial charge in [-0.2, -0.15) is 0 Å². The summed E-state index contributed by atoms with van der Waals surface area (Å²) >= 11 is 0. The molecule has 0 saturated carbocycles. The smallest absolute Gasteiger partial charge is 0.329 e. The molecule has 1 amide bonds. The third kappa shape index (κ3) is 3.09. The van der Waals surface area contributed by atoms with Crippen LogP contribution in [0.5, 0.6) is 0 Å². The van der Waals surface area contributed by atoms with Crippen molar-refractivity contribution in [2.45, 2.75) is 38.6 Å². The Morgan fingerprint density at radius 3 is 2.33 bits per heavy atom. The minimum absolute atomic E-state index is 0.270. The molecule has 0 bridgehead atoms. The van der Waals surface area contributed by atoms with Gasteiger partial charge in [0.1, 0.15) is 5.54 Å². The molecule has 1 aromatic rings. The number of carboxylic acids is 1. The molecule has 98 valence electrons. The normalized spacial score (nSPS) is 15.5. The largest absolute Gasteiger partial charge is 0.480 e. The highest BCUT2D eigenvalue weighted by molar-refractivity contribution is 5.89. The number of carbonyl (C=O) groups excluding carboxylic acids is 1. The summed E-state index contributed by atoms with van der Waals surface area (Å²) < 4.78 is 0. The molecule has 1 aromatic carbocycles. The van der Waals surface area contributed by atoms with Gasteiger partial charge in [-0.25, -0.2) is 4.79 Å². The van der Waals surface area contributed by atoms with Crippen LogP contribution in [0, 0.1) is 0 Å². The van der Waals surface area contributed by atoms with Crippen LogP contribution in [0.1, 0.15) is 38.7 Å². The summed E-state index contributed by atoms with van der Waals surface area (Å²) in [5, 5.41) is 11.7. The molecule has 2 atom stereocenters. The number of amides is 1. The molecular weight excluding hydrogens is 230 g/mol. The van der Waals surface area contributed by atoms with E-state index in [-0.39, 0.29) is 11.8 Å². The summed E-state index contributed by atoms with van der Waals surface area (Å²) in [4.78, 5) is 23.2. The van der Waals surface area contributed by atoms with Crippen LogP contribution in [-0.4, -0.2) is 22.5 Å². The van der Waals surface area contributed by atoms with Crippen molar-refractivity contribution < 1.29 is 14.7 Å². The Bertz CT molecular complexity index is 430. The van der Waals surface area contributed by atoms with Gasteiger partial charge in [-0.15, -0.1) is 0 Å². The fourth-order valence-corrected chi connectivity index (χ4v) is 1.57. The van der Waals surface area contributed by atoms with E-state index >= 15 is 0 Å². The predicted octanol–water partition coefficient (Wildman–Crippen LogP) is 2.16. The first-order valence-electron chi connectivity index (χ1n) is 6.01. The van der Waals surface area contributed by atoms with Crippen LogP contribution in [0.2, 0.25) is 0 Å². The van der Waals surface area contributed by atoms with Gasteiger partial charge in [-0.05, 0) is 25.8 Å². The lowest BCUT2D eigenvalue weighted by Gasteiger charge is -2.26. The summed E-state index contributed by atoms with van der Waals surface area (Å²) in [6.07, 6.45) is 0.343. The summed E-state index contributed by atoms with van der Waals surface area (Å²) in [5.41, 5.74) is -0.334. The Morgan fingerprint density at radius 2 is 1.89 bits per heavy atom. The SMILES string of the molecule is CCC(C)(NC(=O)[C@@H](C)c1ccccc1)C(=O)O. The molecular formula is C14H19NO3. The number of rotatable bonds is 5. The van der Waals surface area contributed by atoms with Crippen molar-refractivity contribution in [1.82, 2.24) is 5.32 Å². The monoisotopic (exact) mass is 249 g/mol. The molecule has 2 N–H and O–H groups in total. The van der Waals surface area contributed by atoms with Gasteiger partial charge in [0, 0.05) is 0 Å². The number of hydrogen-bond acceptors (Lipinski definition) is 2. The maximum Gasteiger partial charge on any atom is 0.329 e. The number of nitrogens with one attached hydrogen (secondary N) is 1. The molecule has 0 aliphatic carbocycles. The predicted molar refractivity (Wildman–Crippen MR) is 69.3 cm³/mol. The van der Waals surface area contributed by atoms with E-state index in [9.17, 15) is 9.59 Å². The second-order valence-corrected chi connectivity index (χ2v) is 4.61. The van der Waals surface area contributed by atoms with Crippen LogP contribution >= 0.6 is 0 Å². The van der Waals surface area contributed by atoms with Crippen LogP contribution in [0.15, 0.2) is 30.3 Å². The van der Waals surface area contributed by atoms with Crippen LogP contribution in [0.3, 0.4) is 0 Å². The van der Waals surface area contributed by atoms with Crippen molar-refractivity contribution in [3.63, 3.8) is 0 Å². The Morgan fingerprint density at radius 1 is 1.33 bits per heavy atom. The first kappa shape index (κ1) is 14.2. The third-order valence-corrected chi connectivity index (χ3v) is 3.27. The summed E-state index contributed by atoms with van der Waals surface area (Å²) in [7, 11) is 0. The van der Waals surface area contributed by atoms with E-state index in [0.29, 0.717) is 6.42 Å². The van der Waals surface area contributed by atoms with Gasteiger partial charge in [0.25, 0.3) is 0 Å². The zero-order chi connectivity index (χ0) is 13.8. The minimum Gasteiger partial charge on any atom is -0.480 e. The van der Waals surface area contributed by atoms with Gasteiger partial charge in [0.15, 0.2) is 0 Å². The van der Waals surface area contributed by atoms with E-state index in [0.717, 1.165) is 5.56 Å². The molecule has 0 aliphatic heterocycles.